The molecule has 0 aromatic rings. The number of aliphatic hydroxyl groups is 1. The number of carbonyl (C=O) groups excluding carboxylic acids is 2. The first-order valence-corrected chi connectivity index (χ1v) is 5.88. The number of hydrogen-bond acceptors (Lipinski definition) is 4. The highest BCUT2D eigenvalue weighted by atomic mass is 16.4. The van der Waals surface area contributed by atoms with E-state index >= 15 is 0 Å². The fraction of sp³-hybridized carbons (Fsp3) is 0.727. The van der Waals surface area contributed by atoms with E-state index in [2.05, 4.69) is 10.6 Å². The Balaban J connectivity index is 2.68. The molecule has 1 atom stereocenters. The molecule has 8 nitrogen and oxygen atoms in total. The summed E-state index contributed by atoms with van der Waals surface area (Å²) >= 11 is 0. The maximum absolute atomic E-state index is 12.0. The number of carbonyl (C=O) groups is 3. The fourth-order valence-electron chi connectivity index (χ4n) is 1.67. The van der Waals surface area contributed by atoms with E-state index in [4.69, 9.17) is 5.11 Å². The number of piperazine rings is 1. The fourth-order valence-corrected chi connectivity index (χ4v) is 1.67. The molecular weight excluding hydrogens is 254 g/mol. The lowest BCUT2D eigenvalue weighted by atomic mass is 9.99. The second kappa shape index (κ2) is 5.04. The Morgan fingerprint density at radius 2 is 2.11 bits per heavy atom. The van der Waals surface area contributed by atoms with Gasteiger partial charge in [0, 0.05) is 13.1 Å². The van der Waals surface area contributed by atoms with Crippen LogP contribution in [0.1, 0.15) is 20.8 Å². The first kappa shape index (κ1) is 15.2. The molecule has 0 aliphatic carbocycles. The summed E-state index contributed by atoms with van der Waals surface area (Å²) in [4.78, 5) is 35.6. The van der Waals surface area contributed by atoms with E-state index in [1.165, 1.54) is 4.90 Å². The van der Waals surface area contributed by atoms with Gasteiger partial charge in [0.15, 0.2) is 5.60 Å². The Bertz CT molecular complexity index is 405. The summed E-state index contributed by atoms with van der Waals surface area (Å²) in [7, 11) is 0. The van der Waals surface area contributed by atoms with E-state index in [1.54, 1.807) is 13.8 Å². The van der Waals surface area contributed by atoms with Crippen molar-refractivity contribution < 1.29 is 24.6 Å². The van der Waals surface area contributed by atoms with Crippen molar-refractivity contribution in [3.63, 3.8) is 0 Å². The third-order valence-electron chi connectivity index (χ3n) is 3.14. The molecule has 8 heteroatoms. The Hall–Kier alpha value is -1.83. The maximum atomic E-state index is 12.0. The molecule has 0 spiro atoms. The van der Waals surface area contributed by atoms with E-state index in [1.807, 2.05) is 0 Å². The highest BCUT2D eigenvalue weighted by molar-refractivity contribution is 5.91. The Labute approximate surface area is 110 Å². The van der Waals surface area contributed by atoms with Crippen LogP contribution in [0.15, 0.2) is 0 Å². The van der Waals surface area contributed by atoms with E-state index in [-0.39, 0.29) is 5.91 Å². The molecule has 1 aliphatic heterocycles. The molecule has 0 bridgehead atoms. The lowest BCUT2D eigenvalue weighted by Crippen LogP contribution is -2.65. The van der Waals surface area contributed by atoms with Gasteiger partial charge in [0.2, 0.25) is 5.91 Å². The topological polar surface area (TPSA) is 119 Å². The third-order valence-corrected chi connectivity index (χ3v) is 3.14. The van der Waals surface area contributed by atoms with Gasteiger partial charge in [-0.05, 0) is 20.8 Å². The highest BCUT2D eigenvalue weighted by Gasteiger charge is 2.41. The summed E-state index contributed by atoms with van der Waals surface area (Å²) in [6, 6.07) is -0.582. The van der Waals surface area contributed by atoms with E-state index in [0.29, 0.717) is 13.1 Å². The van der Waals surface area contributed by atoms with Crippen molar-refractivity contribution in [2.75, 3.05) is 19.6 Å². The van der Waals surface area contributed by atoms with Crippen molar-refractivity contribution in [1.29, 1.82) is 0 Å². The number of urea groups is 1. The smallest absolute Gasteiger partial charge is 0.337 e. The molecule has 1 heterocycles. The van der Waals surface area contributed by atoms with Gasteiger partial charge in [-0.1, -0.05) is 0 Å². The minimum atomic E-state index is -2.04. The van der Waals surface area contributed by atoms with Gasteiger partial charge in [-0.3, -0.25) is 4.79 Å². The summed E-state index contributed by atoms with van der Waals surface area (Å²) in [5, 5.41) is 23.2. The molecular formula is C11H19N3O5. The van der Waals surface area contributed by atoms with Crippen LogP contribution >= 0.6 is 0 Å². The Morgan fingerprint density at radius 1 is 1.53 bits per heavy atom. The van der Waals surface area contributed by atoms with Gasteiger partial charge < -0.3 is 25.7 Å². The number of nitrogens with one attached hydrogen (secondary N) is 2. The summed E-state index contributed by atoms with van der Waals surface area (Å²) in [5.74, 6) is -1.71. The third kappa shape index (κ3) is 3.14. The molecule has 0 saturated carbocycles. The molecule has 1 unspecified atom stereocenters. The summed E-state index contributed by atoms with van der Waals surface area (Å²) in [6.07, 6.45) is 0. The van der Waals surface area contributed by atoms with Crippen molar-refractivity contribution in [3.05, 3.63) is 0 Å². The van der Waals surface area contributed by atoms with E-state index in [9.17, 15) is 19.5 Å². The molecule has 4 N–H and O–H groups in total. The van der Waals surface area contributed by atoms with Crippen LogP contribution in [-0.2, 0) is 9.59 Å². The minimum Gasteiger partial charge on any atom is -0.479 e. The average molecular weight is 273 g/mol. The largest absolute Gasteiger partial charge is 0.479 e. The van der Waals surface area contributed by atoms with Gasteiger partial charge in [-0.15, -0.1) is 0 Å². The highest BCUT2D eigenvalue weighted by Crippen LogP contribution is 2.17. The number of hydrogen-bond donors (Lipinski definition) is 4. The van der Waals surface area contributed by atoms with E-state index < -0.39 is 29.7 Å². The molecule has 108 valence electrons. The summed E-state index contributed by atoms with van der Waals surface area (Å²) in [5.41, 5.74) is -3.06. The second-order valence-corrected chi connectivity index (χ2v) is 5.20. The van der Waals surface area contributed by atoms with Crippen molar-refractivity contribution in [2.24, 2.45) is 0 Å². The second-order valence-electron chi connectivity index (χ2n) is 5.20. The SMILES string of the molecule is CC(O)(CNC(=O)N1CCNC(=O)C1(C)C)C(=O)O. The van der Waals surface area contributed by atoms with Crippen LogP contribution in [0.3, 0.4) is 0 Å². The lowest BCUT2D eigenvalue weighted by molar-refractivity contribution is -0.155. The van der Waals surface area contributed by atoms with Gasteiger partial charge in [0.25, 0.3) is 0 Å². The molecule has 1 saturated heterocycles. The number of amides is 3. The quantitative estimate of drug-likeness (QED) is 0.512. The average Bonchev–Trinajstić information content (AvgIpc) is 2.29. The van der Waals surface area contributed by atoms with Crippen molar-refractivity contribution in [2.45, 2.75) is 31.9 Å². The van der Waals surface area contributed by atoms with Gasteiger partial charge in [0.05, 0.1) is 6.54 Å². The zero-order chi connectivity index (χ0) is 14.8. The standard InChI is InChI=1S/C11H19N3O5/c1-10(2)7(15)12-4-5-14(10)9(18)13-6-11(3,19)8(16)17/h19H,4-6H2,1-3H3,(H,12,15)(H,13,18)(H,16,17). The zero-order valence-electron chi connectivity index (χ0n) is 11.2. The Kier molecular flexibility index (Phi) is 4.04. The van der Waals surface area contributed by atoms with Crippen molar-refractivity contribution in [1.82, 2.24) is 15.5 Å². The first-order valence-electron chi connectivity index (χ1n) is 5.88. The summed E-state index contributed by atoms with van der Waals surface area (Å²) in [6.45, 7) is 4.50. The molecule has 0 aromatic heterocycles. The van der Waals surface area contributed by atoms with E-state index in [0.717, 1.165) is 6.92 Å². The molecule has 0 aromatic carbocycles. The number of aliphatic carboxylic acids is 1. The Morgan fingerprint density at radius 3 is 2.63 bits per heavy atom. The lowest BCUT2D eigenvalue weighted by Gasteiger charge is -2.41. The number of carboxylic acid groups (broad SMARTS) is 1. The van der Waals surface area contributed by atoms with Gasteiger partial charge in [-0.2, -0.15) is 0 Å². The zero-order valence-corrected chi connectivity index (χ0v) is 11.2. The molecule has 19 heavy (non-hydrogen) atoms. The van der Waals surface area contributed by atoms with Crippen molar-refractivity contribution in [3.8, 4) is 0 Å². The van der Waals surface area contributed by atoms with Crippen LogP contribution in [0.5, 0.6) is 0 Å². The van der Waals surface area contributed by atoms with Crippen LogP contribution in [0.25, 0.3) is 0 Å². The monoisotopic (exact) mass is 273 g/mol. The van der Waals surface area contributed by atoms with Crippen molar-refractivity contribution >= 4 is 17.9 Å². The number of rotatable bonds is 3. The van der Waals surface area contributed by atoms with Gasteiger partial charge in [0.1, 0.15) is 5.54 Å². The first-order chi connectivity index (χ1) is 8.59. The van der Waals surface area contributed by atoms with Crippen LogP contribution in [0.4, 0.5) is 4.79 Å². The minimum absolute atomic E-state index is 0.279. The molecule has 1 rings (SSSR count). The predicted molar refractivity (Wildman–Crippen MR) is 65.5 cm³/mol. The number of nitrogens with zero attached hydrogens (tertiary/aromatic N) is 1. The molecule has 1 fully saturated rings. The molecule has 3 amide bonds. The van der Waals surface area contributed by atoms with Gasteiger partial charge in [-0.25, -0.2) is 9.59 Å². The normalized spacial score (nSPS) is 21.3. The number of carboxylic acids is 1. The maximum Gasteiger partial charge on any atom is 0.337 e. The van der Waals surface area contributed by atoms with Crippen LogP contribution in [-0.4, -0.2) is 63.8 Å². The molecule has 1 aliphatic rings. The van der Waals surface area contributed by atoms with Crippen LogP contribution in [0, 0.1) is 0 Å². The predicted octanol–water partition coefficient (Wildman–Crippen LogP) is -1.26. The summed E-state index contributed by atoms with van der Waals surface area (Å²) < 4.78 is 0. The van der Waals surface area contributed by atoms with Crippen LogP contribution in [0.2, 0.25) is 0 Å². The van der Waals surface area contributed by atoms with Gasteiger partial charge >= 0.3 is 12.0 Å². The van der Waals surface area contributed by atoms with Crippen LogP contribution < -0.4 is 10.6 Å². The molecule has 0 radical (unpaired) electrons.